The Morgan fingerprint density at radius 1 is 0.914 bits per heavy atom. The summed E-state index contributed by atoms with van der Waals surface area (Å²) in [6.45, 7) is 6.00. The van der Waals surface area contributed by atoms with E-state index in [1.807, 2.05) is 6.92 Å². The number of benzene rings is 2. The van der Waals surface area contributed by atoms with Gasteiger partial charge in [-0.05, 0) is 68.2 Å². The van der Waals surface area contributed by atoms with Gasteiger partial charge in [0.25, 0.3) is 0 Å². The van der Waals surface area contributed by atoms with Crippen molar-refractivity contribution in [2.45, 2.75) is 39.0 Å². The molecule has 1 saturated heterocycles. The maximum absolute atomic E-state index is 13.3. The zero-order valence-corrected chi connectivity index (χ0v) is 20.1. The lowest BCUT2D eigenvalue weighted by atomic mass is 9.96. The van der Waals surface area contributed by atoms with Crippen molar-refractivity contribution in [1.29, 1.82) is 0 Å². The lowest BCUT2D eigenvalue weighted by Gasteiger charge is -2.32. The summed E-state index contributed by atoms with van der Waals surface area (Å²) in [6, 6.07) is 15.3. The first kappa shape index (κ1) is 21.7. The first-order valence-corrected chi connectivity index (χ1v) is 12.2. The highest BCUT2D eigenvalue weighted by atomic mass is 19.1. The molecule has 3 heterocycles. The van der Waals surface area contributed by atoms with E-state index in [1.165, 1.54) is 28.8 Å². The maximum atomic E-state index is 13.3. The average Bonchev–Trinajstić information content (AvgIpc) is 3.49. The Morgan fingerprint density at radius 3 is 2.37 bits per heavy atom. The summed E-state index contributed by atoms with van der Waals surface area (Å²) < 4.78 is 13.3. The molecule has 35 heavy (non-hydrogen) atoms. The van der Waals surface area contributed by atoms with Crippen molar-refractivity contribution in [2.75, 3.05) is 18.0 Å². The molecule has 0 radical (unpaired) electrons. The second-order valence-corrected chi connectivity index (χ2v) is 9.63. The van der Waals surface area contributed by atoms with Gasteiger partial charge < -0.3 is 9.88 Å². The zero-order valence-electron chi connectivity index (χ0n) is 20.1. The largest absolute Gasteiger partial charge is 0.356 e. The minimum atomic E-state index is -0.230. The molecule has 0 amide bonds. The molecule has 0 spiro atoms. The Labute approximate surface area is 204 Å². The van der Waals surface area contributed by atoms with Gasteiger partial charge in [-0.2, -0.15) is 0 Å². The van der Waals surface area contributed by atoms with Crippen molar-refractivity contribution in [3.05, 3.63) is 94.6 Å². The van der Waals surface area contributed by atoms with Crippen molar-refractivity contribution in [3.8, 4) is 11.3 Å². The van der Waals surface area contributed by atoms with Crippen molar-refractivity contribution in [1.82, 2.24) is 19.9 Å². The number of nitrogens with zero attached hydrogens (tertiary/aromatic N) is 4. The van der Waals surface area contributed by atoms with Crippen molar-refractivity contribution < 1.29 is 4.39 Å². The first-order valence-electron chi connectivity index (χ1n) is 12.2. The number of aromatic nitrogens is 4. The van der Waals surface area contributed by atoms with Crippen LogP contribution in [0.2, 0.25) is 0 Å². The molecule has 2 aromatic carbocycles. The molecule has 2 aromatic heterocycles. The van der Waals surface area contributed by atoms with E-state index in [-0.39, 0.29) is 5.82 Å². The molecule has 0 atom stereocenters. The van der Waals surface area contributed by atoms with E-state index >= 15 is 0 Å². The van der Waals surface area contributed by atoms with E-state index in [0.29, 0.717) is 5.92 Å². The summed E-state index contributed by atoms with van der Waals surface area (Å²) in [4.78, 5) is 20.1. The SMILES string of the molecule is Cc1ccc(C2=Cc3c(ncnc3N3CCC(c4nc(-c5ccc(F)cc5)c(C)[nH]4)CC3)C2)cc1. The van der Waals surface area contributed by atoms with Crippen LogP contribution >= 0.6 is 0 Å². The van der Waals surface area contributed by atoms with Gasteiger partial charge in [0, 0.05) is 42.2 Å². The number of halogens is 1. The number of imidazole rings is 1. The summed E-state index contributed by atoms with van der Waals surface area (Å²) in [6.07, 6.45) is 6.83. The topological polar surface area (TPSA) is 57.7 Å². The molecule has 0 bridgehead atoms. The number of nitrogens with one attached hydrogen (secondary N) is 1. The van der Waals surface area contributed by atoms with E-state index in [0.717, 1.165) is 72.2 Å². The second kappa shape index (κ2) is 8.77. The molecule has 6 rings (SSSR count). The zero-order chi connectivity index (χ0) is 23.9. The van der Waals surface area contributed by atoms with Crippen LogP contribution in [0, 0.1) is 19.7 Å². The van der Waals surface area contributed by atoms with E-state index in [1.54, 1.807) is 18.5 Å². The third kappa shape index (κ3) is 4.14. The van der Waals surface area contributed by atoms with Crippen molar-refractivity contribution in [2.24, 2.45) is 0 Å². The van der Waals surface area contributed by atoms with E-state index in [4.69, 9.17) is 9.97 Å². The highest BCUT2D eigenvalue weighted by molar-refractivity contribution is 5.91. The first-order chi connectivity index (χ1) is 17.0. The Balaban J connectivity index is 1.19. The van der Waals surface area contributed by atoms with Crippen molar-refractivity contribution >= 4 is 17.5 Å². The van der Waals surface area contributed by atoms with Gasteiger partial charge in [0.05, 0.1) is 11.4 Å². The molecule has 2 aliphatic rings. The fourth-order valence-corrected chi connectivity index (χ4v) is 5.25. The van der Waals surface area contributed by atoms with Gasteiger partial charge in [0.1, 0.15) is 23.8 Å². The number of H-pyrrole nitrogens is 1. The quantitative estimate of drug-likeness (QED) is 0.395. The van der Waals surface area contributed by atoms with Crippen LogP contribution in [0.15, 0.2) is 54.9 Å². The summed E-state index contributed by atoms with van der Waals surface area (Å²) in [5.41, 5.74) is 8.97. The number of anilines is 1. The molecule has 4 aromatic rings. The molecule has 5 nitrogen and oxygen atoms in total. The molecular weight excluding hydrogens is 437 g/mol. The standard InChI is InChI=1S/C29H28FN5/c1-18-3-5-20(6-4-18)23-15-25-26(16-23)31-17-32-29(25)35-13-11-22(12-14-35)28-33-19(2)27(34-28)21-7-9-24(30)10-8-21/h3-10,15,17,22H,11-14,16H2,1-2H3,(H,33,34). The third-order valence-electron chi connectivity index (χ3n) is 7.25. The lowest BCUT2D eigenvalue weighted by Crippen LogP contribution is -2.34. The van der Waals surface area contributed by atoms with Crippen LogP contribution < -0.4 is 4.90 Å². The molecular formula is C29H28FN5. The van der Waals surface area contributed by atoms with Crippen LogP contribution in [-0.2, 0) is 6.42 Å². The molecule has 176 valence electrons. The molecule has 0 unspecified atom stereocenters. The highest BCUT2D eigenvalue weighted by Gasteiger charge is 2.28. The average molecular weight is 466 g/mol. The monoisotopic (exact) mass is 465 g/mol. The maximum Gasteiger partial charge on any atom is 0.139 e. The molecule has 1 fully saturated rings. The molecule has 1 aliphatic heterocycles. The highest BCUT2D eigenvalue weighted by Crippen LogP contribution is 2.37. The number of hydrogen-bond acceptors (Lipinski definition) is 4. The van der Waals surface area contributed by atoms with E-state index < -0.39 is 0 Å². The Kier molecular flexibility index (Phi) is 5.44. The predicted molar refractivity (Wildman–Crippen MR) is 138 cm³/mol. The third-order valence-corrected chi connectivity index (χ3v) is 7.25. The number of piperidine rings is 1. The summed E-state index contributed by atoms with van der Waals surface area (Å²) >= 11 is 0. The lowest BCUT2D eigenvalue weighted by molar-refractivity contribution is 0.486. The molecule has 6 heteroatoms. The van der Waals surface area contributed by atoms with Gasteiger partial charge >= 0.3 is 0 Å². The van der Waals surface area contributed by atoms with E-state index in [9.17, 15) is 4.39 Å². The van der Waals surface area contributed by atoms with Crippen LogP contribution in [-0.4, -0.2) is 33.0 Å². The molecule has 0 saturated carbocycles. The number of aryl methyl sites for hydroxylation is 2. The van der Waals surface area contributed by atoms with E-state index in [2.05, 4.69) is 52.1 Å². The fraction of sp³-hybridized carbons (Fsp3) is 0.276. The van der Waals surface area contributed by atoms with Crippen molar-refractivity contribution in [3.63, 3.8) is 0 Å². The van der Waals surface area contributed by atoms with Gasteiger partial charge in [0.15, 0.2) is 0 Å². The summed E-state index contributed by atoms with van der Waals surface area (Å²) in [7, 11) is 0. The van der Waals surface area contributed by atoms with Gasteiger partial charge in [0.2, 0.25) is 0 Å². The number of fused-ring (bicyclic) bond motifs is 1. The van der Waals surface area contributed by atoms with Gasteiger partial charge in [-0.3, -0.25) is 0 Å². The van der Waals surface area contributed by atoms with Crippen LogP contribution in [0.25, 0.3) is 22.9 Å². The second-order valence-electron chi connectivity index (χ2n) is 9.63. The number of allylic oxidation sites excluding steroid dienone is 1. The van der Waals surface area contributed by atoms with Crippen LogP contribution in [0.5, 0.6) is 0 Å². The Morgan fingerprint density at radius 2 is 1.63 bits per heavy atom. The van der Waals surface area contributed by atoms with Crippen LogP contribution in [0.1, 0.15) is 52.7 Å². The van der Waals surface area contributed by atoms with Gasteiger partial charge in [-0.15, -0.1) is 0 Å². The molecule has 1 aliphatic carbocycles. The van der Waals surface area contributed by atoms with Gasteiger partial charge in [-0.1, -0.05) is 29.8 Å². The minimum absolute atomic E-state index is 0.230. The fourth-order valence-electron chi connectivity index (χ4n) is 5.25. The number of rotatable bonds is 4. The molecule has 1 N–H and O–H groups in total. The summed E-state index contributed by atoms with van der Waals surface area (Å²) in [5.74, 6) is 2.20. The van der Waals surface area contributed by atoms with Crippen LogP contribution in [0.3, 0.4) is 0 Å². The Hall–Kier alpha value is -3.80. The predicted octanol–water partition coefficient (Wildman–Crippen LogP) is 6.10. The summed E-state index contributed by atoms with van der Waals surface area (Å²) in [5, 5.41) is 0. The van der Waals surface area contributed by atoms with Crippen LogP contribution in [0.4, 0.5) is 10.2 Å². The number of aromatic amines is 1. The normalized spacial score (nSPS) is 15.9. The number of hydrogen-bond donors (Lipinski definition) is 1. The van der Waals surface area contributed by atoms with Gasteiger partial charge in [-0.25, -0.2) is 19.3 Å². The Bertz CT molecular complexity index is 1390. The smallest absolute Gasteiger partial charge is 0.139 e. The minimum Gasteiger partial charge on any atom is -0.356 e.